The predicted octanol–water partition coefficient (Wildman–Crippen LogP) is 4.59. The number of fused-ring (bicyclic) bond motifs is 3. The van der Waals surface area contributed by atoms with Crippen LogP contribution in [-0.4, -0.2) is 32.7 Å². The average molecular weight is 364 g/mol. The fourth-order valence-electron chi connectivity index (χ4n) is 3.66. The molecule has 0 aliphatic carbocycles. The van der Waals surface area contributed by atoms with Crippen molar-refractivity contribution in [1.29, 1.82) is 0 Å². The van der Waals surface area contributed by atoms with Gasteiger partial charge in [0, 0.05) is 29.1 Å². The van der Waals surface area contributed by atoms with E-state index in [1.165, 1.54) is 19.3 Å². The zero-order chi connectivity index (χ0) is 17.5. The maximum Gasteiger partial charge on any atom is 0.213 e. The molecule has 0 spiro atoms. The van der Waals surface area contributed by atoms with Gasteiger partial charge in [0.2, 0.25) is 5.95 Å². The van der Waals surface area contributed by atoms with Crippen molar-refractivity contribution >= 4 is 34.1 Å². The Bertz CT molecular complexity index is 1080. The van der Waals surface area contributed by atoms with Crippen molar-refractivity contribution in [3.05, 3.63) is 53.6 Å². The van der Waals surface area contributed by atoms with E-state index >= 15 is 0 Å². The summed E-state index contributed by atoms with van der Waals surface area (Å²) in [7, 11) is 0. The molecule has 0 atom stereocenters. The monoisotopic (exact) mass is 363 g/mol. The van der Waals surface area contributed by atoms with Crippen LogP contribution in [0, 0.1) is 0 Å². The van der Waals surface area contributed by atoms with Gasteiger partial charge in [0.15, 0.2) is 11.5 Å². The average Bonchev–Trinajstić information content (AvgIpc) is 3.14. The summed E-state index contributed by atoms with van der Waals surface area (Å²) in [5, 5.41) is 10.7. The summed E-state index contributed by atoms with van der Waals surface area (Å²) in [6.07, 6.45) is 3.66. The molecule has 130 valence electrons. The molecule has 0 radical (unpaired) electrons. The molecule has 0 bridgehead atoms. The number of benzene rings is 2. The van der Waals surface area contributed by atoms with Crippen LogP contribution >= 0.6 is 11.6 Å². The van der Waals surface area contributed by atoms with Crippen LogP contribution in [-0.2, 0) is 0 Å². The molecular weight excluding hydrogens is 346 g/mol. The van der Waals surface area contributed by atoms with Gasteiger partial charge in [0.1, 0.15) is 0 Å². The maximum atomic E-state index is 6.06. The number of hydrogen-bond donors (Lipinski definition) is 0. The number of piperidine rings is 1. The minimum absolute atomic E-state index is 0.711. The summed E-state index contributed by atoms with van der Waals surface area (Å²) >= 11 is 6.06. The van der Waals surface area contributed by atoms with Gasteiger partial charge in [-0.25, -0.2) is 9.38 Å². The Balaban J connectivity index is 1.81. The first kappa shape index (κ1) is 15.6. The van der Waals surface area contributed by atoms with E-state index in [0.717, 1.165) is 47.0 Å². The van der Waals surface area contributed by atoms with Crippen LogP contribution in [0.25, 0.3) is 27.9 Å². The van der Waals surface area contributed by atoms with E-state index < -0.39 is 0 Å². The zero-order valence-corrected chi connectivity index (χ0v) is 15.0. The second-order valence-electron chi connectivity index (χ2n) is 6.67. The Morgan fingerprint density at radius 2 is 1.62 bits per heavy atom. The van der Waals surface area contributed by atoms with Gasteiger partial charge in [-0.15, -0.1) is 10.2 Å². The van der Waals surface area contributed by atoms with Crippen LogP contribution in [0.5, 0.6) is 0 Å². The van der Waals surface area contributed by atoms with E-state index in [0.29, 0.717) is 5.02 Å². The lowest BCUT2D eigenvalue weighted by Crippen LogP contribution is -2.32. The molecule has 0 N–H and O–H groups in total. The Hall–Kier alpha value is -2.66. The second-order valence-corrected chi connectivity index (χ2v) is 7.10. The third kappa shape index (κ3) is 2.51. The van der Waals surface area contributed by atoms with Gasteiger partial charge in [0.05, 0.1) is 5.52 Å². The summed E-state index contributed by atoms with van der Waals surface area (Å²) in [4.78, 5) is 7.34. The topological polar surface area (TPSA) is 46.3 Å². The largest absolute Gasteiger partial charge is 0.342 e. The number of hydrogen-bond acceptors (Lipinski definition) is 4. The highest BCUT2D eigenvalue weighted by molar-refractivity contribution is 6.30. The van der Waals surface area contributed by atoms with Crippen molar-refractivity contribution in [3.63, 3.8) is 0 Å². The highest BCUT2D eigenvalue weighted by Crippen LogP contribution is 2.30. The summed E-state index contributed by atoms with van der Waals surface area (Å²) < 4.78 is 2.09. The smallest absolute Gasteiger partial charge is 0.213 e. The third-order valence-electron chi connectivity index (χ3n) is 4.97. The quantitative estimate of drug-likeness (QED) is 0.522. The Kier molecular flexibility index (Phi) is 3.75. The molecule has 1 fully saturated rings. The minimum Gasteiger partial charge on any atom is -0.342 e. The second kappa shape index (κ2) is 6.25. The van der Waals surface area contributed by atoms with Crippen LogP contribution in [0.15, 0.2) is 48.5 Å². The lowest BCUT2D eigenvalue weighted by Gasteiger charge is -2.28. The molecule has 6 heteroatoms. The standard InChI is InChI=1S/C20H18ClN5/c21-15-10-8-14(9-11-15)18-23-24-19-16-6-2-3-7-17(16)22-20(26(18)19)25-12-4-1-5-13-25/h2-3,6-11H,1,4-5,12-13H2. The molecule has 26 heavy (non-hydrogen) atoms. The van der Waals surface area contributed by atoms with Gasteiger partial charge in [0.25, 0.3) is 0 Å². The lowest BCUT2D eigenvalue weighted by atomic mass is 10.1. The molecule has 0 unspecified atom stereocenters. The van der Waals surface area contributed by atoms with Crippen molar-refractivity contribution in [1.82, 2.24) is 19.6 Å². The summed E-state index contributed by atoms with van der Waals surface area (Å²) in [6.45, 7) is 2.03. The summed E-state index contributed by atoms with van der Waals surface area (Å²) in [5.41, 5.74) is 2.79. The van der Waals surface area contributed by atoms with Crippen molar-refractivity contribution in [3.8, 4) is 11.4 Å². The van der Waals surface area contributed by atoms with Crippen LogP contribution in [0.2, 0.25) is 5.02 Å². The Morgan fingerprint density at radius 1 is 0.846 bits per heavy atom. The number of halogens is 1. The van der Waals surface area contributed by atoms with Crippen molar-refractivity contribution in [2.45, 2.75) is 19.3 Å². The molecule has 4 aromatic rings. The zero-order valence-electron chi connectivity index (χ0n) is 14.3. The van der Waals surface area contributed by atoms with Crippen molar-refractivity contribution in [2.75, 3.05) is 18.0 Å². The van der Waals surface area contributed by atoms with E-state index in [2.05, 4.69) is 25.6 Å². The van der Waals surface area contributed by atoms with Gasteiger partial charge in [-0.1, -0.05) is 23.7 Å². The Morgan fingerprint density at radius 3 is 2.42 bits per heavy atom. The SMILES string of the molecule is Clc1ccc(-c2nnc3c4ccccc4nc(N4CCCCC4)n23)cc1. The number of para-hydroxylation sites is 1. The lowest BCUT2D eigenvalue weighted by molar-refractivity contribution is 0.567. The highest BCUT2D eigenvalue weighted by Gasteiger charge is 2.21. The molecule has 5 rings (SSSR count). The minimum atomic E-state index is 0.711. The van der Waals surface area contributed by atoms with Gasteiger partial charge < -0.3 is 4.90 Å². The normalized spacial score (nSPS) is 15.0. The number of anilines is 1. The van der Waals surface area contributed by atoms with Crippen LogP contribution in [0.3, 0.4) is 0 Å². The summed E-state index contributed by atoms with van der Waals surface area (Å²) in [5.74, 6) is 1.73. The number of nitrogens with zero attached hydrogens (tertiary/aromatic N) is 5. The van der Waals surface area contributed by atoms with Gasteiger partial charge in [-0.2, -0.15) is 0 Å². The van der Waals surface area contributed by atoms with Crippen molar-refractivity contribution < 1.29 is 0 Å². The molecule has 0 saturated carbocycles. The summed E-state index contributed by atoms with van der Waals surface area (Å²) in [6, 6.07) is 15.9. The fourth-order valence-corrected chi connectivity index (χ4v) is 3.78. The van der Waals surface area contributed by atoms with Crippen LogP contribution in [0.4, 0.5) is 5.95 Å². The third-order valence-corrected chi connectivity index (χ3v) is 5.22. The molecular formula is C20H18ClN5. The molecule has 2 aromatic carbocycles. The molecule has 1 aliphatic heterocycles. The van der Waals surface area contributed by atoms with E-state index in [4.69, 9.17) is 16.6 Å². The molecule has 5 nitrogen and oxygen atoms in total. The fraction of sp³-hybridized carbons (Fsp3) is 0.250. The molecule has 0 amide bonds. The van der Waals surface area contributed by atoms with Gasteiger partial charge >= 0.3 is 0 Å². The van der Waals surface area contributed by atoms with E-state index in [9.17, 15) is 0 Å². The maximum absolute atomic E-state index is 6.06. The number of rotatable bonds is 2. The number of aromatic nitrogens is 4. The first-order valence-corrected chi connectivity index (χ1v) is 9.34. The highest BCUT2D eigenvalue weighted by atomic mass is 35.5. The van der Waals surface area contributed by atoms with Crippen LogP contribution < -0.4 is 4.90 Å². The molecule has 1 aliphatic rings. The van der Waals surface area contributed by atoms with Crippen LogP contribution in [0.1, 0.15) is 19.3 Å². The van der Waals surface area contributed by atoms with Crippen molar-refractivity contribution in [2.24, 2.45) is 0 Å². The van der Waals surface area contributed by atoms with E-state index in [-0.39, 0.29) is 0 Å². The van der Waals surface area contributed by atoms with E-state index in [1.807, 2.05) is 42.5 Å². The first-order chi connectivity index (χ1) is 12.8. The van der Waals surface area contributed by atoms with Gasteiger partial charge in [-0.05, 0) is 55.7 Å². The first-order valence-electron chi connectivity index (χ1n) is 8.96. The predicted molar refractivity (Wildman–Crippen MR) is 105 cm³/mol. The van der Waals surface area contributed by atoms with E-state index in [1.54, 1.807) is 0 Å². The Labute approximate surface area is 156 Å². The van der Waals surface area contributed by atoms with Gasteiger partial charge in [-0.3, -0.25) is 0 Å². The molecule has 3 heterocycles. The molecule has 1 saturated heterocycles. The molecule has 2 aromatic heterocycles.